The minimum absolute atomic E-state index is 0.217. The summed E-state index contributed by atoms with van der Waals surface area (Å²) < 4.78 is 26.8. The average molecular weight is 308 g/mol. The van der Waals surface area contributed by atoms with Gasteiger partial charge in [-0.25, -0.2) is 8.78 Å². The lowest BCUT2D eigenvalue weighted by Crippen LogP contribution is -2.45. The molecule has 1 saturated carbocycles. The molecule has 1 aliphatic heterocycles. The highest BCUT2D eigenvalue weighted by Crippen LogP contribution is 2.27. The monoisotopic (exact) mass is 308 g/mol. The van der Waals surface area contributed by atoms with Gasteiger partial charge in [0.25, 0.3) is 0 Å². The van der Waals surface area contributed by atoms with E-state index in [1.165, 1.54) is 25.0 Å². The summed E-state index contributed by atoms with van der Waals surface area (Å²) in [5, 5.41) is 6.71. The largest absolute Gasteiger partial charge is 0.367 e. The van der Waals surface area contributed by atoms with Crippen LogP contribution in [0.25, 0.3) is 0 Å². The number of anilines is 1. The third kappa shape index (κ3) is 3.67. The Bertz CT molecular complexity index is 557. The van der Waals surface area contributed by atoms with Crippen molar-refractivity contribution in [3.63, 3.8) is 0 Å². The maximum Gasteiger partial charge on any atom is 0.191 e. The highest BCUT2D eigenvalue weighted by atomic mass is 19.1. The van der Waals surface area contributed by atoms with Gasteiger partial charge in [-0.2, -0.15) is 0 Å². The molecule has 0 bridgehead atoms. The van der Waals surface area contributed by atoms with E-state index < -0.39 is 11.6 Å². The Morgan fingerprint density at radius 3 is 2.82 bits per heavy atom. The predicted octanol–water partition coefficient (Wildman–Crippen LogP) is 2.12. The van der Waals surface area contributed by atoms with Crippen molar-refractivity contribution < 1.29 is 8.78 Å². The van der Waals surface area contributed by atoms with Crippen LogP contribution in [0.4, 0.5) is 14.5 Å². The van der Waals surface area contributed by atoms with Crippen molar-refractivity contribution in [2.24, 2.45) is 10.9 Å². The molecule has 120 valence electrons. The zero-order valence-corrected chi connectivity index (χ0v) is 12.8. The van der Waals surface area contributed by atoms with Crippen LogP contribution in [0.5, 0.6) is 0 Å². The molecule has 1 aromatic rings. The van der Waals surface area contributed by atoms with Gasteiger partial charge in [0.2, 0.25) is 0 Å². The molecule has 0 aromatic heterocycles. The molecule has 4 nitrogen and oxygen atoms in total. The third-order valence-electron chi connectivity index (χ3n) is 4.26. The first kappa shape index (κ1) is 15.1. The van der Waals surface area contributed by atoms with E-state index >= 15 is 0 Å². The quantitative estimate of drug-likeness (QED) is 0.661. The van der Waals surface area contributed by atoms with Crippen molar-refractivity contribution in [3.05, 3.63) is 29.8 Å². The number of halogens is 2. The van der Waals surface area contributed by atoms with Crippen LogP contribution in [-0.2, 0) is 0 Å². The minimum Gasteiger partial charge on any atom is -0.367 e. The molecule has 1 aliphatic carbocycles. The van der Waals surface area contributed by atoms with E-state index in [4.69, 9.17) is 0 Å². The van der Waals surface area contributed by atoms with Crippen LogP contribution in [0.2, 0.25) is 0 Å². The second-order valence-electron chi connectivity index (χ2n) is 6.07. The number of rotatable bonds is 4. The molecule has 0 amide bonds. The molecule has 0 radical (unpaired) electrons. The highest BCUT2D eigenvalue weighted by molar-refractivity contribution is 5.80. The topological polar surface area (TPSA) is 39.7 Å². The van der Waals surface area contributed by atoms with Crippen molar-refractivity contribution in [1.29, 1.82) is 0 Å². The maximum absolute atomic E-state index is 13.8. The van der Waals surface area contributed by atoms with Gasteiger partial charge in [-0.1, -0.05) is 0 Å². The Morgan fingerprint density at radius 2 is 2.14 bits per heavy atom. The SMILES string of the molecule is CN=C(NCC1CC1)NC1CCN(c2ccc(F)cc2F)C1. The number of nitrogens with zero attached hydrogens (tertiary/aromatic N) is 2. The fraction of sp³-hybridized carbons (Fsp3) is 0.562. The van der Waals surface area contributed by atoms with Gasteiger partial charge in [-0.05, 0) is 37.3 Å². The summed E-state index contributed by atoms with van der Waals surface area (Å²) in [5.41, 5.74) is 0.464. The van der Waals surface area contributed by atoms with Crippen LogP contribution in [0.15, 0.2) is 23.2 Å². The zero-order valence-electron chi connectivity index (χ0n) is 12.8. The Hall–Kier alpha value is -1.85. The molecule has 2 N–H and O–H groups in total. The molecule has 6 heteroatoms. The zero-order chi connectivity index (χ0) is 15.5. The number of guanidine groups is 1. The van der Waals surface area contributed by atoms with Crippen molar-refractivity contribution >= 4 is 11.6 Å². The van der Waals surface area contributed by atoms with E-state index in [0.717, 1.165) is 37.5 Å². The lowest BCUT2D eigenvalue weighted by atomic mass is 10.2. The lowest BCUT2D eigenvalue weighted by molar-refractivity contribution is 0.580. The van der Waals surface area contributed by atoms with Crippen LogP contribution in [0.1, 0.15) is 19.3 Å². The summed E-state index contributed by atoms with van der Waals surface area (Å²) in [6.45, 7) is 2.40. The highest BCUT2D eigenvalue weighted by Gasteiger charge is 2.26. The van der Waals surface area contributed by atoms with Gasteiger partial charge in [0.15, 0.2) is 5.96 Å². The van der Waals surface area contributed by atoms with Crippen LogP contribution < -0.4 is 15.5 Å². The summed E-state index contributed by atoms with van der Waals surface area (Å²) in [6, 6.07) is 3.96. The van der Waals surface area contributed by atoms with Gasteiger partial charge in [0, 0.05) is 38.8 Å². The fourth-order valence-corrected chi connectivity index (χ4v) is 2.79. The number of nitrogens with one attached hydrogen (secondary N) is 2. The van der Waals surface area contributed by atoms with E-state index in [-0.39, 0.29) is 6.04 Å². The molecule has 1 unspecified atom stereocenters. The molecule has 1 atom stereocenters. The Balaban J connectivity index is 1.54. The van der Waals surface area contributed by atoms with E-state index in [1.807, 2.05) is 4.90 Å². The standard InChI is InChI=1S/C16H22F2N4/c1-19-16(20-9-11-2-3-11)21-13-6-7-22(10-13)15-5-4-12(17)8-14(15)18/h4-5,8,11,13H,2-3,6-7,9-10H2,1H3,(H2,19,20,21). The molecule has 2 aliphatic rings. The van der Waals surface area contributed by atoms with E-state index in [0.29, 0.717) is 12.2 Å². The second-order valence-corrected chi connectivity index (χ2v) is 6.07. The average Bonchev–Trinajstić information content (AvgIpc) is 3.22. The first-order valence-electron chi connectivity index (χ1n) is 7.83. The van der Waals surface area contributed by atoms with Crippen molar-refractivity contribution in [3.8, 4) is 0 Å². The Morgan fingerprint density at radius 1 is 1.32 bits per heavy atom. The summed E-state index contributed by atoms with van der Waals surface area (Å²) in [5.74, 6) is 0.543. The normalized spacial score (nSPS) is 22.0. The van der Waals surface area contributed by atoms with Crippen LogP contribution in [0.3, 0.4) is 0 Å². The van der Waals surface area contributed by atoms with Gasteiger partial charge in [0.05, 0.1) is 5.69 Å². The van der Waals surface area contributed by atoms with Gasteiger partial charge < -0.3 is 15.5 Å². The molecule has 1 heterocycles. The molecule has 0 spiro atoms. The number of hydrogen-bond acceptors (Lipinski definition) is 2. The molecular weight excluding hydrogens is 286 g/mol. The van der Waals surface area contributed by atoms with Crippen LogP contribution in [-0.4, -0.2) is 38.7 Å². The lowest BCUT2D eigenvalue weighted by Gasteiger charge is -2.21. The first-order valence-corrected chi connectivity index (χ1v) is 7.83. The predicted molar refractivity (Wildman–Crippen MR) is 84.2 cm³/mol. The molecule has 3 rings (SSSR count). The Labute approximate surface area is 129 Å². The summed E-state index contributed by atoms with van der Waals surface area (Å²) in [7, 11) is 1.76. The summed E-state index contributed by atoms with van der Waals surface area (Å²) in [6.07, 6.45) is 3.50. The minimum atomic E-state index is -0.542. The second kappa shape index (κ2) is 6.50. The van der Waals surface area contributed by atoms with Gasteiger partial charge >= 0.3 is 0 Å². The molecular formula is C16H22F2N4. The van der Waals surface area contributed by atoms with Crippen LogP contribution >= 0.6 is 0 Å². The first-order chi connectivity index (χ1) is 10.7. The van der Waals surface area contributed by atoms with E-state index in [1.54, 1.807) is 7.05 Å². The van der Waals surface area contributed by atoms with Crippen molar-refractivity contribution in [2.75, 3.05) is 31.6 Å². The number of aliphatic imine (C=N–C) groups is 1. The van der Waals surface area contributed by atoms with Gasteiger partial charge in [-0.15, -0.1) is 0 Å². The number of hydrogen-bond donors (Lipinski definition) is 2. The third-order valence-corrected chi connectivity index (χ3v) is 4.26. The fourth-order valence-electron chi connectivity index (χ4n) is 2.79. The Kier molecular flexibility index (Phi) is 4.45. The summed E-state index contributed by atoms with van der Waals surface area (Å²) >= 11 is 0. The van der Waals surface area contributed by atoms with Gasteiger partial charge in [-0.3, -0.25) is 4.99 Å². The van der Waals surface area contributed by atoms with E-state index in [9.17, 15) is 8.78 Å². The van der Waals surface area contributed by atoms with Crippen molar-refractivity contribution in [1.82, 2.24) is 10.6 Å². The van der Waals surface area contributed by atoms with Gasteiger partial charge in [0.1, 0.15) is 11.6 Å². The molecule has 1 aromatic carbocycles. The molecule has 2 fully saturated rings. The van der Waals surface area contributed by atoms with Crippen molar-refractivity contribution in [2.45, 2.75) is 25.3 Å². The smallest absolute Gasteiger partial charge is 0.191 e. The molecule has 1 saturated heterocycles. The summed E-state index contributed by atoms with van der Waals surface area (Å²) in [4.78, 5) is 6.18. The van der Waals surface area contributed by atoms with E-state index in [2.05, 4.69) is 15.6 Å². The number of benzene rings is 1. The maximum atomic E-state index is 13.8. The molecule has 22 heavy (non-hydrogen) atoms. The van der Waals surface area contributed by atoms with Crippen LogP contribution in [0, 0.1) is 17.6 Å².